The van der Waals surface area contributed by atoms with Gasteiger partial charge in [0, 0.05) is 6.54 Å². The predicted molar refractivity (Wildman–Crippen MR) is 52.0 cm³/mol. The number of amides is 1. The van der Waals surface area contributed by atoms with Crippen molar-refractivity contribution in [3.8, 4) is 0 Å². The van der Waals surface area contributed by atoms with Crippen LogP contribution in [0.25, 0.3) is 0 Å². The highest BCUT2D eigenvalue weighted by molar-refractivity contribution is 5.86. The van der Waals surface area contributed by atoms with Gasteiger partial charge in [0.1, 0.15) is 0 Å². The Morgan fingerprint density at radius 3 is 2.85 bits per heavy atom. The summed E-state index contributed by atoms with van der Waals surface area (Å²) in [5.41, 5.74) is 0.00755. The molecule has 1 saturated heterocycles. The normalized spacial score (nSPS) is 39.0. The lowest BCUT2D eigenvalue weighted by Gasteiger charge is -2.20. The first-order valence-electron chi connectivity index (χ1n) is 5.11. The van der Waals surface area contributed by atoms with E-state index in [4.69, 9.17) is 0 Å². The maximum atomic E-state index is 12.0. The van der Waals surface area contributed by atoms with Crippen LogP contribution in [-0.4, -0.2) is 17.4 Å². The highest BCUT2D eigenvalue weighted by atomic mass is 16.2. The quantitative estimate of drug-likeness (QED) is 0.604. The van der Waals surface area contributed by atoms with E-state index in [9.17, 15) is 4.79 Å². The minimum Gasteiger partial charge on any atom is -0.319 e. The minimum atomic E-state index is 0.00755. The van der Waals surface area contributed by atoms with Gasteiger partial charge in [0.2, 0.25) is 5.91 Å². The zero-order chi connectivity index (χ0) is 9.47. The first-order valence-corrected chi connectivity index (χ1v) is 5.11. The SMILES string of the molecule is C=CN1CCC2(CCC(C)C2)C1=O. The Balaban J connectivity index is 2.17. The molecule has 0 N–H and O–H groups in total. The number of carbonyl (C=O) groups is 1. The van der Waals surface area contributed by atoms with Crippen LogP contribution in [0.1, 0.15) is 32.6 Å². The summed E-state index contributed by atoms with van der Waals surface area (Å²) in [6, 6.07) is 0. The van der Waals surface area contributed by atoms with Crippen molar-refractivity contribution in [2.45, 2.75) is 32.6 Å². The first kappa shape index (κ1) is 8.79. The zero-order valence-corrected chi connectivity index (χ0v) is 8.25. The molecule has 2 heteroatoms. The van der Waals surface area contributed by atoms with Gasteiger partial charge in [0.25, 0.3) is 0 Å². The maximum absolute atomic E-state index is 12.0. The van der Waals surface area contributed by atoms with Gasteiger partial charge in [-0.2, -0.15) is 0 Å². The average molecular weight is 179 g/mol. The van der Waals surface area contributed by atoms with Gasteiger partial charge in [-0.15, -0.1) is 0 Å². The summed E-state index contributed by atoms with van der Waals surface area (Å²) >= 11 is 0. The fourth-order valence-electron chi connectivity index (χ4n) is 2.84. The molecule has 1 spiro atoms. The lowest BCUT2D eigenvalue weighted by molar-refractivity contribution is -0.133. The van der Waals surface area contributed by atoms with Crippen LogP contribution < -0.4 is 0 Å². The van der Waals surface area contributed by atoms with Crippen LogP contribution in [-0.2, 0) is 4.79 Å². The van der Waals surface area contributed by atoms with Crippen molar-refractivity contribution in [1.29, 1.82) is 0 Å². The number of carbonyl (C=O) groups excluding carboxylic acids is 1. The van der Waals surface area contributed by atoms with E-state index >= 15 is 0 Å². The molecular formula is C11H17NO. The van der Waals surface area contributed by atoms with Crippen LogP contribution in [0.4, 0.5) is 0 Å². The molecule has 0 aromatic heterocycles. The number of likely N-dealkylation sites (tertiary alicyclic amines) is 1. The second-order valence-electron chi connectivity index (χ2n) is 4.56. The summed E-state index contributed by atoms with van der Waals surface area (Å²) in [6.07, 6.45) is 6.13. The molecule has 0 radical (unpaired) electrons. The van der Waals surface area contributed by atoms with Gasteiger partial charge in [-0.1, -0.05) is 13.5 Å². The molecule has 0 aromatic carbocycles. The Kier molecular flexibility index (Phi) is 1.94. The van der Waals surface area contributed by atoms with E-state index in [0.717, 1.165) is 31.7 Å². The van der Waals surface area contributed by atoms with Gasteiger partial charge in [-0.3, -0.25) is 4.79 Å². The average Bonchev–Trinajstić information content (AvgIpc) is 2.62. The van der Waals surface area contributed by atoms with Crippen molar-refractivity contribution in [3.63, 3.8) is 0 Å². The van der Waals surface area contributed by atoms with Crippen molar-refractivity contribution >= 4 is 5.91 Å². The van der Waals surface area contributed by atoms with E-state index in [-0.39, 0.29) is 5.41 Å². The molecule has 2 atom stereocenters. The summed E-state index contributed by atoms with van der Waals surface area (Å²) in [5, 5.41) is 0. The van der Waals surface area contributed by atoms with Crippen molar-refractivity contribution in [2.75, 3.05) is 6.54 Å². The van der Waals surface area contributed by atoms with E-state index in [2.05, 4.69) is 13.5 Å². The highest BCUT2D eigenvalue weighted by Gasteiger charge is 2.49. The number of hydrogen-bond donors (Lipinski definition) is 0. The number of nitrogens with zero attached hydrogens (tertiary/aromatic N) is 1. The molecule has 2 rings (SSSR count). The number of hydrogen-bond acceptors (Lipinski definition) is 1. The predicted octanol–water partition coefficient (Wildman–Crippen LogP) is 2.17. The third kappa shape index (κ3) is 1.19. The fourth-order valence-corrected chi connectivity index (χ4v) is 2.84. The third-order valence-corrected chi connectivity index (χ3v) is 3.62. The Morgan fingerprint density at radius 2 is 2.38 bits per heavy atom. The summed E-state index contributed by atoms with van der Waals surface area (Å²) in [4.78, 5) is 13.8. The molecule has 1 aliphatic heterocycles. The van der Waals surface area contributed by atoms with Crippen LogP contribution in [0, 0.1) is 11.3 Å². The van der Waals surface area contributed by atoms with Gasteiger partial charge < -0.3 is 4.90 Å². The van der Waals surface area contributed by atoms with E-state index in [1.54, 1.807) is 11.1 Å². The molecule has 1 saturated carbocycles. The largest absolute Gasteiger partial charge is 0.319 e. The summed E-state index contributed by atoms with van der Waals surface area (Å²) in [6.45, 7) is 6.80. The summed E-state index contributed by atoms with van der Waals surface area (Å²) < 4.78 is 0. The molecule has 1 amide bonds. The zero-order valence-electron chi connectivity index (χ0n) is 8.25. The Bertz CT molecular complexity index is 248. The maximum Gasteiger partial charge on any atom is 0.232 e. The smallest absolute Gasteiger partial charge is 0.232 e. The van der Waals surface area contributed by atoms with E-state index in [1.165, 1.54) is 6.42 Å². The first-order chi connectivity index (χ1) is 6.18. The molecule has 2 aliphatic rings. The molecule has 0 aromatic rings. The monoisotopic (exact) mass is 179 g/mol. The van der Waals surface area contributed by atoms with Crippen LogP contribution in [0.2, 0.25) is 0 Å². The second kappa shape index (κ2) is 2.86. The molecule has 13 heavy (non-hydrogen) atoms. The lowest BCUT2D eigenvalue weighted by atomic mass is 9.84. The Labute approximate surface area is 79.6 Å². The number of rotatable bonds is 1. The Morgan fingerprint density at radius 1 is 1.62 bits per heavy atom. The standard InChI is InChI=1S/C11H17NO/c1-3-12-7-6-11(10(12)13)5-4-9(2)8-11/h3,9H,1,4-8H2,2H3. The van der Waals surface area contributed by atoms with Crippen LogP contribution in [0.3, 0.4) is 0 Å². The van der Waals surface area contributed by atoms with Crippen molar-refractivity contribution in [2.24, 2.45) is 11.3 Å². The molecule has 72 valence electrons. The lowest BCUT2D eigenvalue weighted by Crippen LogP contribution is -2.29. The molecule has 1 heterocycles. The molecular weight excluding hydrogens is 162 g/mol. The van der Waals surface area contributed by atoms with Crippen molar-refractivity contribution < 1.29 is 4.79 Å². The fraction of sp³-hybridized carbons (Fsp3) is 0.727. The molecule has 2 fully saturated rings. The summed E-state index contributed by atoms with van der Waals surface area (Å²) in [5.74, 6) is 1.06. The van der Waals surface area contributed by atoms with Gasteiger partial charge in [-0.05, 0) is 37.8 Å². The van der Waals surface area contributed by atoms with Crippen LogP contribution in [0.15, 0.2) is 12.8 Å². The van der Waals surface area contributed by atoms with E-state index < -0.39 is 0 Å². The van der Waals surface area contributed by atoms with Gasteiger partial charge in [-0.25, -0.2) is 0 Å². The van der Waals surface area contributed by atoms with E-state index in [1.807, 2.05) is 0 Å². The molecule has 1 aliphatic carbocycles. The van der Waals surface area contributed by atoms with Gasteiger partial charge in [0.15, 0.2) is 0 Å². The van der Waals surface area contributed by atoms with Gasteiger partial charge >= 0.3 is 0 Å². The van der Waals surface area contributed by atoms with Gasteiger partial charge in [0.05, 0.1) is 5.41 Å². The molecule has 2 nitrogen and oxygen atoms in total. The van der Waals surface area contributed by atoms with E-state index in [0.29, 0.717) is 5.91 Å². The Hall–Kier alpha value is -0.790. The summed E-state index contributed by atoms with van der Waals surface area (Å²) in [7, 11) is 0. The van der Waals surface area contributed by atoms with Crippen molar-refractivity contribution in [1.82, 2.24) is 4.90 Å². The minimum absolute atomic E-state index is 0.00755. The molecule has 2 unspecified atom stereocenters. The highest BCUT2D eigenvalue weighted by Crippen LogP contribution is 2.48. The third-order valence-electron chi connectivity index (χ3n) is 3.62. The second-order valence-corrected chi connectivity index (χ2v) is 4.56. The van der Waals surface area contributed by atoms with Crippen molar-refractivity contribution in [3.05, 3.63) is 12.8 Å². The van der Waals surface area contributed by atoms with Crippen LogP contribution >= 0.6 is 0 Å². The topological polar surface area (TPSA) is 20.3 Å². The molecule has 0 bridgehead atoms. The van der Waals surface area contributed by atoms with Crippen LogP contribution in [0.5, 0.6) is 0 Å².